The van der Waals surface area contributed by atoms with Crippen molar-refractivity contribution in [1.29, 1.82) is 5.26 Å². The zero-order valence-electron chi connectivity index (χ0n) is 19.8. The number of hydrogen-bond acceptors (Lipinski definition) is 4. The third kappa shape index (κ3) is 6.08. The number of nitriles is 1. The number of nitrogens with zero attached hydrogens (tertiary/aromatic N) is 2. The van der Waals surface area contributed by atoms with Crippen molar-refractivity contribution in [2.75, 3.05) is 15.9 Å². The lowest BCUT2D eigenvalue weighted by Crippen LogP contribution is -2.23. The lowest BCUT2D eigenvalue weighted by atomic mass is 9.99. The third-order valence-corrected chi connectivity index (χ3v) is 6.43. The van der Waals surface area contributed by atoms with Crippen molar-refractivity contribution >= 4 is 21.4 Å². The Morgan fingerprint density at radius 1 is 0.800 bits per heavy atom. The molecule has 4 aromatic carbocycles. The molecule has 0 aliphatic rings. The molecular formula is C29H27N3O2S. The number of rotatable bonds is 8. The van der Waals surface area contributed by atoms with Gasteiger partial charge in [-0.15, -0.1) is 0 Å². The Kier molecular flexibility index (Phi) is 7.19. The first kappa shape index (κ1) is 24.1. The van der Waals surface area contributed by atoms with E-state index in [1.165, 1.54) is 0 Å². The van der Waals surface area contributed by atoms with Crippen LogP contribution in [0.5, 0.6) is 0 Å². The molecule has 6 heteroatoms. The minimum atomic E-state index is -3.39. The lowest BCUT2D eigenvalue weighted by Gasteiger charge is -2.28. The number of sulfonamides is 1. The van der Waals surface area contributed by atoms with Gasteiger partial charge in [0.1, 0.15) is 0 Å². The summed E-state index contributed by atoms with van der Waals surface area (Å²) >= 11 is 0. The topological polar surface area (TPSA) is 73.2 Å². The van der Waals surface area contributed by atoms with Gasteiger partial charge in [0.05, 0.1) is 23.6 Å². The molecule has 0 aromatic heterocycles. The van der Waals surface area contributed by atoms with E-state index in [1.807, 2.05) is 73.7 Å². The molecule has 0 aliphatic carbocycles. The van der Waals surface area contributed by atoms with Gasteiger partial charge in [-0.3, -0.25) is 4.72 Å². The van der Waals surface area contributed by atoms with Crippen LogP contribution in [0.2, 0.25) is 0 Å². The predicted molar refractivity (Wildman–Crippen MR) is 143 cm³/mol. The minimum Gasteiger partial charge on any atom is -0.363 e. The summed E-state index contributed by atoms with van der Waals surface area (Å²) in [6.45, 7) is 3.24. The smallest absolute Gasteiger partial charge is 0.229 e. The Labute approximate surface area is 207 Å². The van der Waals surface area contributed by atoms with Gasteiger partial charge in [0, 0.05) is 18.8 Å². The van der Waals surface area contributed by atoms with Gasteiger partial charge in [0.25, 0.3) is 0 Å². The molecule has 4 rings (SSSR count). The van der Waals surface area contributed by atoms with Crippen molar-refractivity contribution < 1.29 is 8.42 Å². The van der Waals surface area contributed by atoms with E-state index in [0.29, 0.717) is 24.3 Å². The van der Waals surface area contributed by atoms with E-state index < -0.39 is 10.0 Å². The fraction of sp³-hybridized carbons (Fsp3) is 0.138. The number of anilines is 2. The fourth-order valence-electron chi connectivity index (χ4n) is 4.15. The van der Waals surface area contributed by atoms with Crippen molar-refractivity contribution in [3.8, 4) is 17.2 Å². The molecule has 0 bridgehead atoms. The minimum absolute atomic E-state index is 0.575. The molecule has 5 nitrogen and oxygen atoms in total. The van der Waals surface area contributed by atoms with Gasteiger partial charge in [-0.1, -0.05) is 78.9 Å². The van der Waals surface area contributed by atoms with Gasteiger partial charge in [0.2, 0.25) is 10.0 Å². The summed E-state index contributed by atoms with van der Waals surface area (Å²) in [5.41, 5.74) is 7.24. The maximum absolute atomic E-state index is 11.9. The van der Waals surface area contributed by atoms with Crippen molar-refractivity contribution in [1.82, 2.24) is 0 Å². The average molecular weight is 482 g/mol. The highest BCUT2D eigenvalue weighted by atomic mass is 32.2. The van der Waals surface area contributed by atoms with Crippen LogP contribution in [0.15, 0.2) is 97.1 Å². The van der Waals surface area contributed by atoms with Gasteiger partial charge < -0.3 is 4.90 Å². The molecule has 0 fully saturated rings. The molecule has 0 saturated heterocycles. The molecule has 176 valence electrons. The van der Waals surface area contributed by atoms with Crippen molar-refractivity contribution in [2.24, 2.45) is 0 Å². The zero-order chi connectivity index (χ0) is 24.8. The summed E-state index contributed by atoms with van der Waals surface area (Å²) in [4.78, 5) is 2.25. The average Bonchev–Trinajstić information content (AvgIpc) is 2.85. The first-order chi connectivity index (χ1) is 16.8. The molecular weight excluding hydrogens is 454 g/mol. The van der Waals surface area contributed by atoms with Crippen LogP contribution < -0.4 is 9.62 Å². The molecule has 0 heterocycles. The van der Waals surface area contributed by atoms with E-state index in [0.717, 1.165) is 39.8 Å². The second-order valence-electron chi connectivity index (χ2n) is 8.52. The van der Waals surface area contributed by atoms with Gasteiger partial charge >= 0.3 is 0 Å². The quantitative estimate of drug-likeness (QED) is 0.329. The van der Waals surface area contributed by atoms with Crippen molar-refractivity contribution in [3.63, 3.8) is 0 Å². The summed E-state index contributed by atoms with van der Waals surface area (Å²) in [5, 5.41) is 9.44. The lowest BCUT2D eigenvalue weighted by molar-refractivity contribution is 0.606. The first-order valence-electron chi connectivity index (χ1n) is 11.3. The fourth-order valence-corrected chi connectivity index (χ4v) is 4.77. The predicted octanol–water partition coefficient (Wildman–Crippen LogP) is 6.11. The summed E-state index contributed by atoms with van der Waals surface area (Å²) in [6.07, 6.45) is 1.16. The number of hydrogen-bond donors (Lipinski definition) is 1. The van der Waals surface area contributed by atoms with E-state index in [2.05, 4.69) is 40.0 Å². The van der Waals surface area contributed by atoms with Gasteiger partial charge in [0.15, 0.2) is 0 Å². The van der Waals surface area contributed by atoms with Crippen LogP contribution >= 0.6 is 0 Å². The Bertz CT molecular complexity index is 1460. The van der Waals surface area contributed by atoms with Crippen LogP contribution in [0.25, 0.3) is 11.1 Å². The molecule has 0 atom stereocenters. The molecule has 0 unspecified atom stereocenters. The molecule has 4 aromatic rings. The summed E-state index contributed by atoms with van der Waals surface area (Å²) in [5.74, 6) is 0. The van der Waals surface area contributed by atoms with Crippen LogP contribution in [0, 0.1) is 18.3 Å². The van der Waals surface area contributed by atoms with E-state index in [-0.39, 0.29) is 0 Å². The number of nitrogens with one attached hydrogen (secondary N) is 1. The van der Waals surface area contributed by atoms with Crippen LogP contribution in [-0.2, 0) is 23.1 Å². The Morgan fingerprint density at radius 3 is 2.09 bits per heavy atom. The first-order valence-corrected chi connectivity index (χ1v) is 13.2. The van der Waals surface area contributed by atoms with Gasteiger partial charge in [-0.2, -0.15) is 5.26 Å². The zero-order valence-corrected chi connectivity index (χ0v) is 20.6. The molecule has 1 N–H and O–H groups in total. The highest BCUT2D eigenvalue weighted by Gasteiger charge is 2.15. The van der Waals surface area contributed by atoms with E-state index in [4.69, 9.17) is 0 Å². The van der Waals surface area contributed by atoms with E-state index >= 15 is 0 Å². The second-order valence-corrected chi connectivity index (χ2v) is 10.3. The molecule has 0 aliphatic heterocycles. The normalized spacial score (nSPS) is 11.0. The largest absolute Gasteiger partial charge is 0.363 e. The highest BCUT2D eigenvalue weighted by molar-refractivity contribution is 7.92. The maximum atomic E-state index is 11.9. The van der Waals surface area contributed by atoms with Crippen LogP contribution in [-0.4, -0.2) is 14.7 Å². The summed E-state index contributed by atoms with van der Waals surface area (Å²) < 4.78 is 26.4. The Hall–Kier alpha value is -4.08. The van der Waals surface area contributed by atoms with E-state index in [9.17, 15) is 13.7 Å². The van der Waals surface area contributed by atoms with Gasteiger partial charge in [-0.25, -0.2) is 8.42 Å². The summed E-state index contributed by atoms with van der Waals surface area (Å²) in [7, 11) is -3.39. The maximum Gasteiger partial charge on any atom is 0.229 e. The molecule has 35 heavy (non-hydrogen) atoms. The van der Waals surface area contributed by atoms with Crippen molar-refractivity contribution in [2.45, 2.75) is 20.0 Å². The standard InChI is InChI=1S/C29H27N3O2S/c1-22-28(31-35(2,33)34)13-8-14-29(22)32(20-23-9-4-3-5-10-23)21-24-15-17-25(18-16-24)27-12-7-6-11-26(27)19-30/h3-18,31H,20-21H2,1-2H3. The van der Waals surface area contributed by atoms with Crippen LogP contribution in [0.3, 0.4) is 0 Å². The monoisotopic (exact) mass is 481 g/mol. The molecule has 0 spiro atoms. The van der Waals surface area contributed by atoms with Gasteiger partial charge in [-0.05, 0) is 52.9 Å². The van der Waals surface area contributed by atoms with Crippen LogP contribution in [0.4, 0.5) is 11.4 Å². The van der Waals surface area contributed by atoms with Crippen molar-refractivity contribution in [3.05, 3.63) is 119 Å². The Balaban J connectivity index is 1.67. The molecule has 0 radical (unpaired) electrons. The molecule has 0 amide bonds. The number of benzene rings is 4. The van der Waals surface area contributed by atoms with Crippen LogP contribution in [0.1, 0.15) is 22.3 Å². The summed E-state index contributed by atoms with van der Waals surface area (Å²) in [6, 6.07) is 34.0. The highest BCUT2D eigenvalue weighted by Crippen LogP contribution is 2.30. The Morgan fingerprint density at radius 2 is 1.43 bits per heavy atom. The third-order valence-electron chi connectivity index (χ3n) is 5.84. The van der Waals surface area contributed by atoms with E-state index in [1.54, 1.807) is 6.07 Å². The second kappa shape index (κ2) is 10.5. The SMILES string of the molecule is Cc1c(NS(C)(=O)=O)cccc1N(Cc1ccccc1)Cc1ccc(-c2ccccc2C#N)cc1. The molecule has 0 saturated carbocycles.